The SMILES string of the molecule is CCC(C)CN(C)C(=O)CC1(C)CC2C=CC1C2. The van der Waals surface area contributed by atoms with Crippen LogP contribution in [0.25, 0.3) is 0 Å². The van der Waals surface area contributed by atoms with Crippen LogP contribution in [0.3, 0.4) is 0 Å². The normalized spacial score (nSPS) is 34.9. The Balaban J connectivity index is 1.89. The first-order chi connectivity index (χ1) is 8.44. The third-order valence-electron chi connectivity index (χ3n) is 5.06. The number of hydrogen-bond acceptors (Lipinski definition) is 1. The molecule has 18 heavy (non-hydrogen) atoms. The van der Waals surface area contributed by atoms with Crippen molar-refractivity contribution in [2.24, 2.45) is 23.2 Å². The number of carbonyl (C=O) groups is 1. The molecule has 4 unspecified atom stereocenters. The first-order valence-corrected chi connectivity index (χ1v) is 7.37. The van der Waals surface area contributed by atoms with Crippen molar-refractivity contribution in [2.45, 2.75) is 46.5 Å². The lowest BCUT2D eigenvalue weighted by Crippen LogP contribution is -2.36. The lowest BCUT2D eigenvalue weighted by Gasteiger charge is -2.33. The molecule has 1 fully saturated rings. The molecule has 2 bridgehead atoms. The van der Waals surface area contributed by atoms with Gasteiger partial charge in [0.25, 0.3) is 0 Å². The predicted molar refractivity (Wildman–Crippen MR) is 75.2 cm³/mol. The molecule has 4 atom stereocenters. The van der Waals surface area contributed by atoms with Crippen molar-refractivity contribution in [3.8, 4) is 0 Å². The van der Waals surface area contributed by atoms with Crippen LogP contribution in [0.4, 0.5) is 0 Å². The van der Waals surface area contributed by atoms with Gasteiger partial charge in [-0.25, -0.2) is 0 Å². The van der Waals surface area contributed by atoms with Crippen LogP contribution in [0.15, 0.2) is 12.2 Å². The van der Waals surface area contributed by atoms with E-state index in [1.54, 1.807) is 0 Å². The topological polar surface area (TPSA) is 20.3 Å². The van der Waals surface area contributed by atoms with E-state index in [-0.39, 0.29) is 5.41 Å². The zero-order valence-corrected chi connectivity index (χ0v) is 12.3. The van der Waals surface area contributed by atoms with Gasteiger partial charge in [-0.1, -0.05) is 39.3 Å². The molecule has 2 aliphatic carbocycles. The second kappa shape index (κ2) is 5.07. The van der Waals surface area contributed by atoms with Crippen molar-refractivity contribution in [2.75, 3.05) is 13.6 Å². The molecule has 102 valence electrons. The number of nitrogens with zero attached hydrogens (tertiary/aromatic N) is 1. The molecule has 2 aliphatic rings. The summed E-state index contributed by atoms with van der Waals surface area (Å²) in [5, 5.41) is 0. The minimum atomic E-state index is 0.222. The van der Waals surface area contributed by atoms with Gasteiger partial charge in [0.2, 0.25) is 5.91 Å². The lowest BCUT2D eigenvalue weighted by molar-refractivity contribution is -0.133. The highest BCUT2D eigenvalue weighted by atomic mass is 16.2. The van der Waals surface area contributed by atoms with Crippen LogP contribution < -0.4 is 0 Å². The molecule has 0 aliphatic heterocycles. The highest BCUT2D eigenvalue weighted by molar-refractivity contribution is 5.76. The van der Waals surface area contributed by atoms with E-state index in [0.29, 0.717) is 17.7 Å². The molecule has 0 spiro atoms. The summed E-state index contributed by atoms with van der Waals surface area (Å²) in [6, 6.07) is 0. The molecule has 0 heterocycles. The third kappa shape index (κ3) is 2.62. The Bertz CT molecular complexity index is 349. The minimum Gasteiger partial charge on any atom is -0.345 e. The van der Waals surface area contributed by atoms with Gasteiger partial charge in [0.05, 0.1) is 0 Å². The highest BCUT2D eigenvalue weighted by Gasteiger charge is 2.46. The quantitative estimate of drug-likeness (QED) is 0.683. The molecule has 1 amide bonds. The molecular weight excluding hydrogens is 222 g/mol. The predicted octanol–water partition coefficient (Wildman–Crippen LogP) is 3.48. The summed E-state index contributed by atoms with van der Waals surface area (Å²) < 4.78 is 0. The number of amides is 1. The molecule has 0 aromatic heterocycles. The van der Waals surface area contributed by atoms with Gasteiger partial charge in [0.1, 0.15) is 0 Å². The third-order valence-corrected chi connectivity index (χ3v) is 5.06. The molecule has 0 radical (unpaired) electrons. The van der Waals surface area contributed by atoms with Gasteiger partial charge in [-0.2, -0.15) is 0 Å². The van der Waals surface area contributed by atoms with Gasteiger partial charge >= 0.3 is 0 Å². The van der Waals surface area contributed by atoms with Gasteiger partial charge in [0, 0.05) is 20.0 Å². The van der Waals surface area contributed by atoms with Gasteiger partial charge in [-0.3, -0.25) is 4.79 Å². The van der Waals surface area contributed by atoms with E-state index >= 15 is 0 Å². The molecule has 0 saturated heterocycles. The van der Waals surface area contributed by atoms with Crippen LogP contribution in [-0.4, -0.2) is 24.4 Å². The molecule has 2 rings (SSSR count). The maximum absolute atomic E-state index is 12.3. The largest absolute Gasteiger partial charge is 0.345 e. The number of hydrogen-bond donors (Lipinski definition) is 0. The summed E-state index contributed by atoms with van der Waals surface area (Å²) in [7, 11) is 1.96. The summed E-state index contributed by atoms with van der Waals surface area (Å²) in [5.74, 6) is 2.32. The Morgan fingerprint density at radius 1 is 1.50 bits per heavy atom. The first kappa shape index (κ1) is 13.6. The maximum Gasteiger partial charge on any atom is 0.222 e. The summed E-state index contributed by atoms with van der Waals surface area (Å²) >= 11 is 0. The molecule has 0 N–H and O–H groups in total. The van der Waals surface area contributed by atoms with E-state index in [1.165, 1.54) is 12.8 Å². The molecular formula is C16H27NO. The van der Waals surface area contributed by atoms with Gasteiger partial charge in [-0.05, 0) is 36.0 Å². The van der Waals surface area contributed by atoms with Crippen LogP contribution in [0, 0.1) is 23.2 Å². The van der Waals surface area contributed by atoms with Crippen molar-refractivity contribution >= 4 is 5.91 Å². The first-order valence-electron chi connectivity index (χ1n) is 7.37. The van der Waals surface area contributed by atoms with E-state index in [9.17, 15) is 4.79 Å². The van der Waals surface area contributed by atoms with E-state index < -0.39 is 0 Å². The zero-order chi connectivity index (χ0) is 13.3. The zero-order valence-electron chi connectivity index (χ0n) is 12.3. The Morgan fingerprint density at radius 2 is 2.22 bits per heavy atom. The summed E-state index contributed by atoms with van der Waals surface area (Å²) in [5.41, 5.74) is 0.222. The van der Waals surface area contributed by atoms with Crippen molar-refractivity contribution < 1.29 is 4.79 Å². The van der Waals surface area contributed by atoms with Crippen LogP contribution in [0.5, 0.6) is 0 Å². The molecule has 0 aromatic rings. The highest BCUT2D eigenvalue weighted by Crippen LogP contribution is 2.53. The lowest BCUT2D eigenvalue weighted by atomic mass is 9.74. The van der Waals surface area contributed by atoms with E-state index in [2.05, 4.69) is 32.9 Å². The van der Waals surface area contributed by atoms with Crippen LogP contribution >= 0.6 is 0 Å². The Hall–Kier alpha value is -0.790. The van der Waals surface area contributed by atoms with E-state index in [4.69, 9.17) is 0 Å². The average Bonchev–Trinajstić information content (AvgIpc) is 2.88. The monoisotopic (exact) mass is 249 g/mol. The van der Waals surface area contributed by atoms with Crippen LogP contribution in [0.2, 0.25) is 0 Å². The fourth-order valence-corrected chi connectivity index (χ4v) is 3.58. The Morgan fingerprint density at radius 3 is 2.72 bits per heavy atom. The van der Waals surface area contributed by atoms with Gasteiger partial charge in [-0.15, -0.1) is 0 Å². The average molecular weight is 249 g/mol. The van der Waals surface area contributed by atoms with E-state index in [0.717, 1.165) is 25.3 Å². The number of carbonyl (C=O) groups excluding carboxylic acids is 1. The maximum atomic E-state index is 12.3. The van der Waals surface area contributed by atoms with Gasteiger partial charge < -0.3 is 4.90 Å². The molecule has 0 aromatic carbocycles. The summed E-state index contributed by atoms with van der Waals surface area (Å²) in [6.45, 7) is 7.60. The van der Waals surface area contributed by atoms with Crippen LogP contribution in [-0.2, 0) is 4.79 Å². The summed E-state index contributed by atoms with van der Waals surface area (Å²) in [4.78, 5) is 14.3. The minimum absolute atomic E-state index is 0.222. The van der Waals surface area contributed by atoms with Crippen LogP contribution in [0.1, 0.15) is 46.5 Å². The van der Waals surface area contributed by atoms with Crippen molar-refractivity contribution in [3.05, 3.63) is 12.2 Å². The second-order valence-corrected chi connectivity index (χ2v) is 6.81. The fourth-order valence-electron chi connectivity index (χ4n) is 3.58. The van der Waals surface area contributed by atoms with Gasteiger partial charge in [0.15, 0.2) is 0 Å². The Labute approximate surface area is 111 Å². The second-order valence-electron chi connectivity index (χ2n) is 6.81. The molecule has 2 nitrogen and oxygen atoms in total. The molecule has 1 saturated carbocycles. The fraction of sp³-hybridized carbons (Fsp3) is 0.812. The summed E-state index contributed by atoms with van der Waals surface area (Å²) in [6.07, 6.45) is 9.04. The number of rotatable bonds is 5. The van der Waals surface area contributed by atoms with Crippen molar-refractivity contribution in [3.63, 3.8) is 0 Å². The molecule has 2 heteroatoms. The number of fused-ring (bicyclic) bond motifs is 2. The smallest absolute Gasteiger partial charge is 0.222 e. The Kier molecular flexibility index (Phi) is 3.84. The van der Waals surface area contributed by atoms with Crippen molar-refractivity contribution in [1.82, 2.24) is 4.90 Å². The number of allylic oxidation sites excluding steroid dienone is 2. The van der Waals surface area contributed by atoms with Crippen molar-refractivity contribution in [1.29, 1.82) is 0 Å². The van der Waals surface area contributed by atoms with E-state index in [1.807, 2.05) is 11.9 Å². The standard InChI is InChI=1S/C16H27NO/c1-5-12(2)11-17(4)15(18)10-16(3)9-13-6-7-14(16)8-13/h6-7,12-14H,5,8-11H2,1-4H3.